The van der Waals surface area contributed by atoms with Gasteiger partial charge in [-0.2, -0.15) is 0 Å². The summed E-state index contributed by atoms with van der Waals surface area (Å²) in [6.45, 7) is 0.340. The Hall–Kier alpha value is -1.39. The number of rotatable bonds is 2. The lowest BCUT2D eigenvalue weighted by Gasteiger charge is -2.00. The highest BCUT2D eigenvalue weighted by Crippen LogP contribution is 2.17. The summed E-state index contributed by atoms with van der Waals surface area (Å²) < 4.78 is 5.40. The highest BCUT2D eigenvalue weighted by molar-refractivity contribution is 5.72. The number of fused-ring (bicyclic) bond motifs is 1. The first kappa shape index (κ1) is 8.22. The Balaban J connectivity index is 2.49. The highest BCUT2D eigenvalue weighted by atomic mass is 16.3. The zero-order valence-corrected chi connectivity index (χ0v) is 7.10. The van der Waals surface area contributed by atoms with Gasteiger partial charge < -0.3 is 15.9 Å². The molecule has 4 heteroatoms. The average Bonchev–Trinajstić information content (AvgIpc) is 2.59. The first-order valence-corrected chi connectivity index (χ1v) is 4.12. The number of para-hydroxylation sites is 2. The Morgan fingerprint density at radius 2 is 2.15 bits per heavy atom. The fourth-order valence-corrected chi connectivity index (χ4v) is 1.15. The normalized spacial score (nSPS) is 13.4. The predicted octanol–water partition coefficient (Wildman–Crippen LogP) is 0.786. The summed E-state index contributed by atoms with van der Waals surface area (Å²) in [5.74, 6) is 0.503. The summed E-state index contributed by atoms with van der Waals surface area (Å²) in [6.07, 6.45) is 0. The van der Waals surface area contributed by atoms with Crippen molar-refractivity contribution in [3.05, 3.63) is 30.2 Å². The largest absolute Gasteiger partial charge is 0.439 e. The van der Waals surface area contributed by atoms with Crippen molar-refractivity contribution in [3.8, 4) is 0 Å². The molecule has 1 heterocycles. The van der Waals surface area contributed by atoms with E-state index in [1.54, 1.807) is 0 Å². The molecule has 0 aliphatic heterocycles. The van der Waals surface area contributed by atoms with E-state index < -0.39 is 0 Å². The monoisotopic (exact) mass is 177 g/mol. The molecule has 4 N–H and O–H groups in total. The van der Waals surface area contributed by atoms with Gasteiger partial charge in [0, 0.05) is 6.54 Å². The second-order valence-corrected chi connectivity index (χ2v) is 2.86. The molecule has 1 aromatic heterocycles. The van der Waals surface area contributed by atoms with Crippen LogP contribution in [0.2, 0.25) is 0 Å². The van der Waals surface area contributed by atoms with Crippen LogP contribution in [0.3, 0.4) is 0 Å². The van der Waals surface area contributed by atoms with Gasteiger partial charge in [0.25, 0.3) is 0 Å². The van der Waals surface area contributed by atoms with Crippen molar-refractivity contribution < 1.29 is 4.42 Å². The summed E-state index contributed by atoms with van der Waals surface area (Å²) in [4.78, 5) is 4.21. The molecule has 0 saturated carbocycles. The van der Waals surface area contributed by atoms with Crippen LogP contribution >= 0.6 is 0 Å². The molecule has 1 aromatic carbocycles. The molecule has 0 spiro atoms. The van der Waals surface area contributed by atoms with Crippen LogP contribution in [0, 0.1) is 0 Å². The lowest BCUT2D eigenvalue weighted by atomic mass is 10.3. The van der Waals surface area contributed by atoms with Crippen molar-refractivity contribution >= 4 is 11.1 Å². The van der Waals surface area contributed by atoms with Crippen LogP contribution in [0.1, 0.15) is 11.9 Å². The van der Waals surface area contributed by atoms with E-state index in [0.29, 0.717) is 12.4 Å². The molecule has 0 bridgehead atoms. The van der Waals surface area contributed by atoms with Crippen molar-refractivity contribution in [2.24, 2.45) is 11.5 Å². The van der Waals surface area contributed by atoms with E-state index in [0.717, 1.165) is 11.1 Å². The molecule has 4 nitrogen and oxygen atoms in total. The number of benzene rings is 1. The molecular weight excluding hydrogens is 166 g/mol. The van der Waals surface area contributed by atoms with Gasteiger partial charge >= 0.3 is 0 Å². The molecule has 0 fully saturated rings. The van der Waals surface area contributed by atoms with Crippen LogP contribution in [-0.2, 0) is 0 Å². The van der Waals surface area contributed by atoms with Gasteiger partial charge in [0.1, 0.15) is 5.52 Å². The summed E-state index contributed by atoms with van der Waals surface area (Å²) >= 11 is 0. The number of nitrogens with two attached hydrogens (primary N) is 2. The van der Waals surface area contributed by atoms with Crippen LogP contribution in [0.15, 0.2) is 28.7 Å². The van der Waals surface area contributed by atoms with Crippen molar-refractivity contribution in [1.82, 2.24) is 4.98 Å². The van der Waals surface area contributed by atoms with Crippen molar-refractivity contribution in [2.45, 2.75) is 6.04 Å². The smallest absolute Gasteiger partial charge is 0.213 e. The molecule has 2 aromatic rings. The van der Waals surface area contributed by atoms with Gasteiger partial charge in [-0.25, -0.2) is 4.98 Å². The standard InChI is InChI=1S/C9H11N3O/c10-5-6(11)9-12-7-3-1-2-4-8(7)13-9/h1-4,6H,5,10-11H2. The minimum atomic E-state index is -0.313. The first-order valence-electron chi connectivity index (χ1n) is 4.12. The zero-order valence-electron chi connectivity index (χ0n) is 7.10. The lowest BCUT2D eigenvalue weighted by Crippen LogP contribution is -2.20. The Morgan fingerprint density at radius 1 is 1.38 bits per heavy atom. The maximum absolute atomic E-state index is 5.68. The van der Waals surface area contributed by atoms with Crippen LogP contribution in [-0.4, -0.2) is 11.5 Å². The molecule has 1 unspecified atom stereocenters. The molecule has 68 valence electrons. The lowest BCUT2D eigenvalue weighted by molar-refractivity contribution is 0.480. The quantitative estimate of drug-likeness (QED) is 0.710. The maximum atomic E-state index is 5.68. The molecule has 1 atom stereocenters. The molecule has 0 aliphatic carbocycles. The number of nitrogens with zero attached hydrogens (tertiary/aromatic N) is 1. The van der Waals surface area contributed by atoms with Gasteiger partial charge in [0.05, 0.1) is 6.04 Å². The second kappa shape index (κ2) is 3.16. The molecule has 0 saturated heterocycles. The Kier molecular flexibility index (Phi) is 2.00. The van der Waals surface area contributed by atoms with Gasteiger partial charge in [-0.15, -0.1) is 0 Å². The fraction of sp³-hybridized carbons (Fsp3) is 0.222. The van der Waals surface area contributed by atoms with E-state index in [9.17, 15) is 0 Å². The SMILES string of the molecule is NCC(N)c1nc2ccccc2o1. The molecule has 13 heavy (non-hydrogen) atoms. The minimum Gasteiger partial charge on any atom is -0.439 e. The fourth-order valence-electron chi connectivity index (χ4n) is 1.15. The minimum absolute atomic E-state index is 0.313. The third-order valence-electron chi connectivity index (χ3n) is 1.88. The Labute approximate surface area is 75.5 Å². The molecule has 0 aliphatic rings. The van der Waals surface area contributed by atoms with Crippen LogP contribution in [0.5, 0.6) is 0 Å². The van der Waals surface area contributed by atoms with Crippen LogP contribution < -0.4 is 11.5 Å². The average molecular weight is 177 g/mol. The van der Waals surface area contributed by atoms with E-state index in [1.165, 1.54) is 0 Å². The van der Waals surface area contributed by atoms with E-state index in [2.05, 4.69) is 4.98 Å². The summed E-state index contributed by atoms with van der Waals surface area (Å²) in [6, 6.07) is 7.22. The van der Waals surface area contributed by atoms with Crippen LogP contribution in [0.25, 0.3) is 11.1 Å². The second-order valence-electron chi connectivity index (χ2n) is 2.86. The number of aromatic nitrogens is 1. The Bertz CT molecular complexity index is 377. The predicted molar refractivity (Wildman–Crippen MR) is 50.0 cm³/mol. The molecular formula is C9H11N3O. The van der Waals surface area contributed by atoms with Crippen molar-refractivity contribution in [1.29, 1.82) is 0 Å². The number of hydrogen-bond donors (Lipinski definition) is 2. The summed E-state index contributed by atoms with van der Waals surface area (Å²) in [7, 11) is 0. The van der Waals surface area contributed by atoms with Gasteiger partial charge in [0.2, 0.25) is 5.89 Å². The van der Waals surface area contributed by atoms with Crippen LogP contribution in [0.4, 0.5) is 0 Å². The van der Waals surface area contributed by atoms with E-state index >= 15 is 0 Å². The number of hydrogen-bond acceptors (Lipinski definition) is 4. The van der Waals surface area contributed by atoms with Gasteiger partial charge in [-0.1, -0.05) is 12.1 Å². The van der Waals surface area contributed by atoms with E-state index in [1.807, 2.05) is 24.3 Å². The molecule has 0 radical (unpaired) electrons. The topological polar surface area (TPSA) is 78.1 Å². The maximum Gasteiger partial charge on any atom is 0.213 e. The summed E-state index contributed by atoms with van der Waals surface area (Å²) in [5, 5.41) is 0. The third kappa shape index (κ3) is 1.41. The highest BCUT2D eigenvalue weighted by Gasteiger charge is 2.11. The third-order valence-corrected chi connectivity index (χ3v) is 1.88. The van der Waals surface area contributed by atoms with E-state index in [4.69, 9.17) is 15.9 Å². The molecule has 0 amide bonds. The van der Waals surface area contributed by atoms with Crippen molar-refractivity contribution in [3.63, 3.8) is 0 Å². The molecule has 2 rings (SSSR count). The zero-order chi connectivity index (χ0) is 9.26. The van der Waals surface area contributed by atoms with Gasteiger partial charge in [-0.05, 0) is 12.1 Å². The number of oxazole rings is 1. The Morgan fingerprint density at radius 3 is 2.85 bits per heavy atom. The van der Waals surface area contributed by atoms with Crippen molar-refractivity contribution in [2.75, 3.05) is 6.54 Å². The van der Waals surface area contributed by atoms with Gasteiger partial charge in [0.15, 0.2) is 5.58 Å². The summed E-state index contributed by atoms with van der Waals surface area (Å²) in [5.41, 5.74) is 12.6. The first-order chi connectivity index (χ1) is 6.31. The van der Waals surface area contributed by atoms with E-state index in [-0.39, 0.29) is 6.04 Å². The van der Waals surface area contributed by atoms with Gasteiger partial charge in [-0.3, -0.25) is 0 Å².